The fourth-order valence-electron chi connectivity index (χ4n) is 2.01. The zero-order valence-electron chi connectivity index (χ0n) is 10.7. The van der Waals surface area contributed by atoms with Gasteiger partial charge >= 0.3 is 11.9 Å². The van der Waals surface area contributed by atoms with E-state index < -0.39 is 57.2 Å². The van der Waals surface area contributed by atoms with Gasteiger partial charge in [-0.15, -0.1) is 0 Å². The van der Waals surface area contributed by atoms with Gasteiger partial charge in [0.1, 0.15) is 16.9 Å². The topological polar surface area (TPSA) is 133 Å². The molecule has 2 aromatic rings. The minimum Gasteiger partial charge on any atom is -0.478 e. The molecule has 22 heavy (non-hydrogen) atoms. The Hall–Kier alpha value is -3.23. The van der Waals surface area contributed by atoms with Crippen LogP contribution in [0.3, 0.4) is 0 Å². The minimum absolute atomic E-state index is 0.666. The number of nitrogens with two attached hydrogens (primary N) is 1. The van der Waals surface area contributed by atoms with Crippen LogP contribution in [0.2, 0.25) is 0 Å². The normalized spacial score (nSPS) is 10.5. The Labute approximate surface area is 120 Å². The summed E-state index contributed by atoms with van der Waals surface area (Å²) >= 11 is 0. The molecule has 9 heteroatoms. The monoisotopic (exact) mass is 310 g/mol. The molecule has 114 valence electrons. The summed E-state index contributed by atoms with van der Waals surface area (Å²) in [5, 5.41) is 18.2. The van der Waals surface area contributed by atoms with Crippen molar-refractivity contribution in [1.82, 2.24) is 4.98 Å². The summed E-state index contributed by atoms with van der Waals surface area (Å²) < 4.78 is 27.3. The lowest BCUT2D eigenvalue weighted by Crippen LogP contribution is -2.24. The van der Waals surface area contributed by atoms with Gasteiger partial charge in [-0.3, -0.25) is 4.79 Å². The SMILES string of the molecule is Nc1[nH]c(=O)c(C(=O)O)c(-c2cccc(F)c2F)c1C(=O)O. The third kappa shape index (κ3) is 2.28. The van der Waals surface area contributed by atoms with E-state index in [2.05, 4.69) is 0 Å². The summed E-state index contributed by atoms with van der Waals surface area (Å²) in [5.74, 6) is -6.99. The Morgan fingerprint density at radius 2 is 1.68 bits per heavy atom. The van der Waals surface area contributed by atoms with Crippen LogP contribution >= 0.6 is 0 Å². The molecule has 0 fully saturated rings. The molecule has 0 saturated heterocycles. The number of carbonyl (C=O) groups is 2. The van der Waals surface area contributed by atoms with Crippen molar-refractivity contribution >= 4 is 17.8 Å². The largest absolute Gasteiger partial charge is 0.478 e. The number of carboxylic acids is 2. The molecule has 0 bridgehead atoms. The van der Waals surface area contributed by atoms with Gasteiger partial charge < -0.3 is 20.9 Å². The quantitative estimate of drug-likeness (QED) is 0.675. The highest BCUT2D eigenvalue weighted by Crippen LogP contribution is 2.31. The smallest absolute Gasteiger partial charge is 0.342 e. The average molecular weight is 310 g/mol. The fourth-order valence-corrected chi connectivity index (χ4v) is 2.01. The van der Waals surface area contributed by atoms with Crippen molar-refractivity contribution in [2.75, 3.05) is 5.73 Å². The lowest BCUT2D eigenvalue weighted by Gasteiger charge is -2.12. The number of pyridine rings is 1. The number of aromatic amines is 1. The molecule has 0 aliphatic carbocycles. The lowest BCUT2D eigenvalue weighted by atomic mass is 9.95. The second-order valence-corrected chi connectivity index (χ2v) is 4.20. The first kappa shape index (κ1) is 15.2. The van der Waals surface area contributed by atoms with Gasteiger partial charge in [-0.1, -0.05) is 12.1 Å². The zero-order valence-corrected chi connectivity index (χ0v) is 10.7. The molecule has 0 aliphatic heterocycles. The Morgan fingerprint density at radius 3 is 2.23 bits per heavy atom. The Morgan fingerprint density at radius 1 is 1.09 bits per heavy atom. The van der Waals surface area contributed by atoms with Crippen molar-refractivity contribution in [2.45, 2.75) is 0 Å². The standard InChI is InChI=1S/C13H8F2N2O5/c14-5-3-1-2-4(9(5)15)6-7(12(19)20)10(16)17-11(18)8(6)13(21)22/h1-3H,(H,19,20)(H,21,22)(H3,16,17,18). The summed E-state index contributed by atoms with van der Waals surface area (Å²) in [5.41, 5.74) is 0.786. The first-order valence-corrected chi connectivity index (χ1v) is 5.72. The first-order chi connectivity index (χ1) is 10.3. The maximum Gasteiger partial charge on any atom is 0.342 e. The van der Waals surface area contributed by atoms with E-state index in [0.717, 1.165) is 18.2 Å². The number of carboxylic acid groups (broad SMARTS) is 2. The predicted molar refractivity (Wildman–Crippen MR) is 70.7 cm³/mol. The predicted octanol–water partition coefficient (Wildman–Crippen LogP) is 1.30. The molecule has 0 aliphatic rings. The van der Waals surface area contributed by atoms with E-state index >= 15 is 0 Å². The Bertz CT molecular complexity index is 860. The number of hydrogen-bond acceptors (Lipinski definition) is 4. The third-order valence-corrected chi connectivity index (χ3v) is 2.89. The van der Waals surface area contributed by atoms with Crippen molar-refractivity contribution < 1.29 is 28.6 Å². The summed E-state index contributed by atoms with van der Waals surface area (Å²) in [4.78, 5) is 36.1. The van der Waals surface area contributed by atoms with Crippen LogP contribution in [0.4, 0.5) is 14.6 Å². The molecule has 0 atom stereocenters. The molecule has 7 nitrogen and oxygen atoms in total. The van der Waals surface area contributed by atoms with Gasteiger partial charge in [0.2, 0.25) is 0 Å². The third-order valence-electron chi connectivity index (χ3n) is 2.89. The minimum atomic E-state index is -1.80. The van der Waals surface area contributed by atoms with Crippen LogP contribution in [-0.4, -0.2) is 27.1 Å². The van der Waals surface area contributed by atoms with Crippen molar-refractivity contribution in [1.29, 1.82) is 0 Å². The number of aromatic nitrogens is 1. The van der Waals surface area contributed by atoms with Crippen molar-refractivity contribution in [3.8, 4) is 11.1 Å². The Kier molecular flexibility index (Phi) is 3.64. The zero-order chi connectivity index (χ0) is 16.6. The number of H-pyrrole nitrogens is 1. The van der Waals surface area contributed by atoms with Crippen molar-refractivity contribution in [2.24, 2.45) is 0 Å². The van der Waals surface area contributed by atoms with Crippen molar-refractivity contribution in [3.63, 3.8) is 0 Å². The summed E-state index contributed by atoms with van der Waals surface area (Å²) in [7, 11) is 0. The Balaban J connectivity index is 3.06. The van der Waals surface area contributed by atoms with E-state index in [-0.39, 0.29) is 0 Å². The van der Waals surface area contributed by atoms with E-state index in [1.165, 1.54) is 0 Å². The molecule has 0 unspecified atom stereocenters. The summed E-state index contributed by atoms with van der Waals surface area (Å²) in [6.07, 6.45) is 0. The van der Waals surface area contributed by atoms with Gasteiger partial charge in [-0.25, -0.2) is 18.4 Å². The molecule has 1 aromatic carbocycles. The number of nitrogens with one attached hydrogen (secondary N) is 1. The number of hydrogen-bond donors (Lipinski definition) is 4. The lowest BCUT2D eigenvalue weighted by molar-refractivity contribution is 0.0695. The number of nitrogen functional groups attached to an aromatic ring is 1. The average Bonchev–Trinajstić information content (AvgIpc) is 2.39. The number of halogens is 2. The van der Waals surface area contributed by atoms with E-state index in [1.807, 2.05) is 4.98 Å². The molecule has 1 heterocycles. The summed E-state index contributed by atoms with van der Waals surface area (Å²) in [6, 6.07) is 2.75. The van der Waals surface area contributed by atoms with Gasteiger partial charge in [-0.2, -0.15) is 0 Å². The molecule has 5 N–H and O–H groups in total. The van der Waals surface area contributed by atoms with E-state index in [1.54, 1.807) is 0 Å². The number of aromatic carboxylic acids is 2. The van der Waals surface area contributed by atoms with E-state index in [9.17, 15) is 23.2 Å². The van der Waals surface area contributed by atoms with Crippen LogP contribution in [0.25, 0.3) is 11.1 Å². The second kappa shape index (κ2) is 5.28. The van der Waals surface area contributed by atoms with Gasteiger partial charge in [0.05, 0.1) is 0 Å². The van der Waals surface area contributed by atoms with Gasteiger partial charge in [0.25, 0.3) is 5.56 Å². The number of benzene rings is 1. The molecule has 0 radical (unpaired) electrons. The molecular formula is C13H8F2N2O5. The van der Waals surface area contributed by atoms with Crippen molar-refractivity contribution in [3.05, 3.63) is 51.3 Å². The highest BCUT2D eigenvalue weighted by molar-refractivity contribution is 6.07. The van der Waals surface area contributed by atoms with E-state index in [0.29, 0.717) is 0 Å². The molecule has 0 amide bonds. The van der Waals surface area contributed by atoms with Gasteiger partial charge in [-0.05, 0) is 6.07 Å². The fraction of sp³-hybridized carbons (Fsp3) is 0. The maximum absolute atomic E-state index is 13.9. The van der Waals surface area contributed by atoms with Crippen LogP contribution in [0.15, 0.2) is 23.0 Å². The highest BCUT2D eigenvalue weighted by Gasteiger charge is 2.28. The number of anilines is 1. The molecule has 1 aromatic heterocycles. The molecule has 0 spiro atoms. The van der Waals surface area contributed by atoms with Crippen LogP contribution in [-0.2, 0) is 0 Å². The van der Waals surface area contributed by atoms with Crippen LogP contribution in [0.5, 0.6) is 0 Å². The van der Waals surface area contributed by atoms with Gasteiger partial charge in [0.15, 0.2) is 11.6 Å². The van der Waals surface area contributed by atoms with Gasteiger partial charge in [0, 0.05) is 11.1 Å². The number of rotatable bonds is 3. The molecule has 2 rings (SSSR count). The van der Waals surface area contributed by atoms with Crippen LogP contribution in [0, 0.1) is 11.6 Å². The maximum atomic E-state index is 13.9. The first-order valence-electron chi connectivity index (χ1n) is 5.72. The van der Waals surface area contributed by atoms with E-state index in [4.69, 9.17) is 15.9 Å². The van der Waals surface area contributed by atoms with Crippen LogP contribution < -0.4 is 11.3 Å². The molecule has 0 saturated carbocycles. The molecular weight excluding hydrogens is 302 g/mol. The highest BCUT2D eigenvalue weighted by atomic mass is 19.2. The van der Waals surface area contributed by atoms with Crippen LogP contribution in [0.1, 0.15) is 20.7 Å². The summed E-state index contributed by atoms with van der Waals surface area (Å²) in [6.45, 7) is 0. The second-order valence-electron chi connectivity index (χ2n) is 4.20.